The summed E-state index contributed by atoms with van der Waals surface area (Å²) in [4.78, 5) is 22.2. The van der Waals surface area contributed by atoms with Crippen LogP contribution in [0.1, 0.15) is 27.2 Å². The van der Waals surface area contributed by atoms with Gasteiger partial charge >= 0.3 is 5.97 Å². The van der Waals surface area contributed by atoms with Crippen LogP contribution in [0, 0.1) is 0 Å². The number of carboxylic acids is 1. The van der Waals surface area contributed by atoms with Crippen molar-refractivity contribution in [1.29, 1.82) is 0 Å². The van der Waals surface area contributed by atoms with Gasteiger partial charge in [-0.05, 0) is 36.1 Å². The average molecular weight is 382 g/mol. The summed E-state index contributed by atoms with van der Waals surface area (Å²) in [6, 6.07) is 17.5. The van der Waals surface area contributed by atoms with Crippen molar-refractivity contribution in [2.75, 3.05) is 11.9 Å². The minimum absolute atomic E-state index is 0.148. The van der Waals surface area contributed by atoms with Crippen LogP contribution in [0.2, 0.25) is 5.02 Å². The molecule has 1 heterocycles. The molecule has 0 unspecified atom stereocenters. The lowest BCUT2D eigenvalue weighted by molar-refractivity contribution is 0.0694. The number of carboxylic acid groups (broad SMARTS) is 1. The minimum Gasteiger partial charge on any atom is -0.478 e. The molecule has 27 heavy (non-hydrogen) atoms. The maximum atomic E-state index is 11.5. The number of carbonyl (C=O) groups is 1. The molecule has 3 rings (SSSR count). The highest BCUT2D eigenvalue weighted by molar-refractivity contribution is 6.30. The molecular formula is C21H20ClN3O2. The zero-order valence-corrected chi connectivity index (χ0v) is 15.7. The summed E-state index contributed by atoms with van der Waals surface area (Å²) in [6.45, 7) is 0.599. The van der Waals surface area contributed by atoms with E-state index >= 15 is 0 Å². The molecule has 5 nitrogen and oxygen atoms in total. The summed E-state index contributed by atoms with van der Waals surface area (Å²) >= 11 is 5.92. The predicted molar refractivity (Wildman–Crippen MR) is 106 cm³/mol. The Morgan fingerprint density at radius 2 is 1.74 bits per heavy atom. The van der Waals surface area contributed by atoms with Crippen LogP contribution in [0.4, 0.5) is 5.95 Å². The van der Waals surface area contributed by atoms with E-state index in [-0.39, 0.29) is 5.56 Å². The molecule has 6 heteroatoms. The summed E-state index contributed by atoms with van der Waals surface area (Å²) in [5.41, 5.74) is 2.90. The Hall–Kier alpha value is -2.92. The van der Waals surface area contributed by atoms with E-state index in [9.17, 15) is 9.90 Å². The molecule has 0 radical (unpaired) electrons. The number of benzene rings is 2. The summed E-state index contributed by atoms with van der Waals surface area (Å²) in [7, 11) is 1.88. The molecule has 0 saturated carbocycles. The largest absolute Gasteiger partial charge is 0.478 e. The van der Waals surface area contributed by atoms with Crippen LogP contribution >= 0.6 is 11.6 Å². The van der Waals surface area contributed by atoms with Gasteiger partial charge in [0.05, 0.1) is 11.3 Å². The average Bonchev–Trinajstić information content (AvgIpc) is 2.68. The van der Waals surface area contributed by atoms with Gasteiger partial charge in [-0.2, -0.15) is 0 Å². The highest BCUT2D eigenvalue weighted by Crippen LogP contribution is 2.17. The molecule has 0 atom stereocenters. The highest BCUT2D eigenvalue weighted by Gasteiger charge is 2.15. The minimum atomic E-state index is -1.01. The maximum absolute atomic E-state index is 11.5. The van der Waals surface area contributed by atoms with Crippen LogP contribution in [0.15, 0.2) is 60.8 Å². The summed E-state index contributed by atoms with van der Waals surface area (Å²) in [6.07, 6.45) is 2.65. The zero-order valence-electron chi connectivity index (χ0n) is 15.0. The van der Waals surface area contributed by atoms with Gasteiger partial charge in [0.2, 0.25) is 5.95 Å². The molecule has 0 aliphatic rings. The molecule has 0 aliphatic heterocycles. The molecule has 0 spiro atoms. The monoisotopic (exact) mass is 381 g/mol. The molecule has 0 bridgehead atoms. The number of halogens is 1. The fourth-order valence-electron chi connectivity index (χ4n) is 2.80. The number of hydrogen-bond acceptors (Lipinski definition) is 4. The number of rotatable bonds is 7. The molecule has 1 aromatic heterocycles. The number of hydrogen-bond donors (Lipinski definition) is 1. The van der Waals surface area contributed by atoms with E-state index in [1.165, 1.54) is 6.20 Å². The normalized spacial score (nSPS) is 10.6. The third-order valence-corrected chi connectivity index (χ3v) is 4.51. The molecule has 0 saturated heterocycles. The van der Waals surface area contributed by atoms with E-state index in [0.29, 0.717) is 29.6 Å². The second-order valence-electron chi connectivity index (χ2n) is 6.30. The van der Waals surface area contributed by atoms with E-state index in [1.54, 1.807) is 0 Å². The van der Waals surface area contributed by atoms with Gasteiger partial charge in [-0.25, -0.2) is 14.8 Å². The lowest BCUT2D eigenvalue weighted by Crippen LogP contribution is -2.21. The van der Waals surface area contributed by atoms with Crippen LogP contribution in [0.25, 0.3) is 0 Å². The van der Waals surface area contributed by atoms with Crippen molar-refractivity contribution < 1.29 is 9.90 Å². The topological polar surface area (TPSA) is 66.3 Å². The molecule has 0 aliphatic carbocycles. The number of anilines is 1. The number of aryl methyl sites for hydroxylation is 2. The van der Waals surface area contributed by atoms with Crippen molar-refractivity contribution in [3.8, 4) is 0 Å². The summed E-state index contributed by atoms with van der Waals surface area (Å²) in [5, 5.41) is 10.1. The van der Waals surface area contributed by atoms with Crippen molar-refractivity contribution in [2.45, 2.75) is 19.4 Å². The molecule has 0 amide bonds. The van der Waals surface area contributed by atoms with Gasteiger partial charge < -0.3 is 10.0 Å². The van der Waals surface area contributed by atoms with E-state index in [1.807, 2.05) is 66.5 Å². The van der Waals surface area contributed by atoms with Crippen molar-refractivity contribution in [1.82, 2.24) is 9.97 Å². The Bertz CT molecular complexity index is 914. The Morgan fingerprint density at radius 1 is 1.04 bits per heavy atom. The molecule has 1 N–H and O–H groups in total. The van der Waals surface area contributed by atoms with Gasteiger partial charge in [0.1, 0.15) is 0 Å². The SMILES string of the molecule is CN(Cc1ccc(Cl)cc1)c1ncc(C(=O)O)c(CCc2ccccc2)n1. The third kappa shape index (κ3) is 5.05. The van der Waals surface area contributed by atoms with Crippen molar-refractivity contribution in [2.24, 2.45) is 0 Å². The quantitative estimate of drug-likeness (QED) is 0.662. The van der Waals surface area contributed by atoms with Crippen molar-refractivity contribution in [3.05, 3.63) is 88.2 Å². The van der Waals surface area contributed by atoms with Crippen molar-refractivity contribution >= 4 is 23.5 Å². The Balaban J connectivity index is 1.79. The lowest BCUT2D eigenvalue weighted by Gasteiger charge is -2.18. The van der Waals surface area contributed by atoms with Crippen LogP contribution in [-0.4, -0.2) is 28.1 Å². The predicted octanol–water partition coefficient (Wildman–Crippen LogP) is 4.25. The van der Waals surface area contributed by atoms with Crippen LogP contribution in [0.5, 0.6) is 0 Å². The first-order valence-electron chi connectivity index (χ1n) is 8.61. The van der Waals surface area contributed by atoms with E-state index in [0.717, 1.165) is 17.5 Å². The molecule has 3 aromatic rings. The van der Waals surface area contributed by atoms with Gasteiger partial charge in [-0.1, -0.05) is 54.1 Å². The number of aromatic nitrogens is 2. The Labute approximate surface area is 163 Å². The standard InChI is InChI=1S/C21H20ClN3O2/c1-25(14-16-7-10-17(22)11-8-16)21-23-13-18(20(26)27)19(24-21)12-9-15-5-3-2-4-6-15/h2-8,10-11,13H,9,12,14H2,1H3,(H,26,27). The van der Waals surface area contributed by atoms with Gasteiger partial charge in [-0.3, -0.25) is 0 Å². The zero-order chi connectivity index (χ0) is 19.2. The lowest BCUT2D eigenvalue weighted by atomic mass is 10.1. The van der Waals surface area contributed by atoms with Gasteiger partial charge in [0.15, 0.2) is 0 Å². The smallest absolute Gasteiger partial charge is 0.339 e. The fraction of sp³-hybridized carbons (Fsp3) is 0.190. The van der Waals surface area contributed by atoms with E-state index in [4.69, 9.17) is 11.6 Å². The maximum Gasteiger partial charge on any atom is 0.339 e. The fourth-order valence-corrected chi connectivity index (χ4v) is 2.93. The van der Waals surface area contributed by atoms with Gasteiger partial charge in [0.25, 0.3) is 0 Å². The van der Waals surface area contributed by atoms with Crippen LogP contribution in [-0.2, 0) is 19.4 Å². The van der Waals surface area contributed by atoms with Gasteiger partial charge in [-0.15, -0.1) is 0 Å². The first kappa shape index (κ1) is 18.9. The molecule has 0 fully saturated rings. The second-order valence-corrected chi connectivity index (χ2v) is 6.74. The first-order chi connectivity index (χ1) is 13.0. The first-order valence-corrected chi connectivity index (χ1v) is 8.99. The molecular weight excluding hydrogens is 362 g/mol. The Kier molecular flexibility index (Phi) is 6.04. The molecule has 138 valence electrons. The third-order valence-electron chi connectivity index (χ3n) is 4.25. The summed E-state index contributed by atoms with van der Waals surface area (Å²) in [5.74, 6) is -0.511. The molecule has 2 aromatic carbocycles. The van der Waals surface area contributed by atoms with Crippen LogP contribution < -0.4 is 4.90 Å². The Morgan fingerprint density at radius 3 is 2.41 bits per heavy atom. The summed E-state index contributed by atoms with van der Waals surface area (Å²) < 4.78 is 0. The number of nitrogens with zero attached hydrogens (tertiary/aromatic N) is 3. The number of aromatic carboxylic acids is 1. The van der Waals surface area contributed by atoms with Crippen molar-refractivity contribution in [3.63, 3.8) is 0 Å². The highest BCUT2D eigenvalue weighted by atomic mass is 35.5. The second kappa shape index (κ2) is 8.64. The van der Waals surface area contributed by atoms with Gasteiger partial charge in [0, 0.05) is 24.8 Å². The van der Waals surface area contributed by atoms with E-state index in [2.05, 4.69) is 9.97 Å². The van der Waals surface area contributed by atoms with Crippen LogP contribution in [0.3, 0.4) is 0 Å². The van der Waals surface area contributed by atoms with E-state index < -0.39 is 5.97 Å².